The van der Waals surface area contributed by atoms with Crippen LogP contribution < -0.4 is 24.6 Å². The van der Waals surface area contributed by atoms with E-state index >= 15 is 0 Å². The number of thiazole rings is 1. The van der Waals surface area contributed by atoms with E-state index in [1.165, 1.54) is 22.6 Å². The molecule has 3 heterocycles. The second-order valence-electron chi connectivity index (χ2n) is 9.83. The molecule has 1 saturated heterocycles. The molecule has 3 aromatic carbocycles. The SMILES string of the molecule is COc1ccc(C2c3sc(=O)n(CC(=O)Nc4ccc(Cl)c(Cl)c4)c3SC3C(=O)N(c4ccc(OC)cc4)C(=O)C32)cc1. The Labute approximate surface area is 264 Å². The zero-order valence-corrected chi connectivity index (χ0v) is 25.9. The zero-order chi connectivity index (χ0) is 30.4. The molecular weight excluding hydrogens is 633 g/mol. The van der Waals surface area contributed by atoms with Crippen LogP contribution in [-0.2, 0) is 20.9 Å². The Balaban J connectivity index is 1.39. The first-order chi connectivity index (χ1) is 20.7. The van der Waals surface area contributed by atoms with Gasteiger partial charge < -0.3 is 14.8 Å². The van der Waals surface area contributed by atoms with Crippen LogP contribution in [0.25, 0.3) is 0 Å². The highest BCUT2D eigenvalue weighted by molar-refractivity contribution is 8.00. The number of hydrogen-bond donors (Lipinski definition) is 1. The van der Waals surface area contributed by atoms with Crippen LogP contribution in [0.2, 0.25) is 10.0 Å². The second kappa shape index (κ2) is 11.7. The summed E-state index contributed by atoms with van der Waals surface area (Å²) >= 11 is 14.2. The standard InChI is InChI=1S/C30H23Cl2N3O6S2/c1-40-18-8-3-15(4-9-18)23-24-25(28(38)35(27(24)37)17-6-10-19(41-2)11-7-17)42-29-26(23)43-30(39)34(29)14-22(36)33-16-5-12-20(31)21(32)13-16/h3-13,23-25H,14H2,1-2H3,(H,33,36). The van der Waals surface area contributed by atoms with Crippen LogP contribution in [0, 0.1) is 5.92 Å². The molecule has 1 aromatic heterocycles. The molecule has 2 aliphatic heterocycles. The molecule has 0 bridgehead atoms. The maximum Gasteiger partial charge on any atom is 0.308 e. The van der Waals surface area contributed by atoms with Gasteiger partial charge in [-0.2, -0.15) is 0 Å². The topological polar surface area (TPSA) is 107 Å². The van der Waals surface area contributed by atoms with E-state index in [0.29, 0.717) is 37.8 Å². The minimum Gasteiger partial charge on any atom is -0.497 e. The lowest BCUT2D eigenvalue weighted by molar-refractivity contribution is -0.122. The summed E-state index contributed by atoms with van der Waals surface area (Å²) in [6.45, 7) is -0.297. The van der Waals surface area contributed by atoms with Gasteiger partial charge in [0.1, 0.15) is 23.3 Å². The van der Waals surface area contributed by atoms with Crippen LogP contribution >= 0.6 is 46.3 Å². The summed E-state index contributed by atoms with van der Waals surface area (Å²) in [5, 5.41) is 3.03. The normalized spacial score (nSPS) is 19.2. The number of fused-ring (bicyclic) bond motifs is 2. The smallest absolute Gasteiger partial charge is 0.308 e. The number of anilines is 2. The molecule has 0 aliphatic carbocycles. The van der Waals surface area contributed by atoms with Crippen molar-refractivity contribution in [2.75, 3.05) is 24.4 Å². The van der Waals surface area contributed by atoms with E-state index in [0.717, 1.165) is 28.7 Å². The van der Waals surface area contributed by atoms with Crippen molar-refractivity contribution in [3.63, 3.8) is 0 Å². The van der Waals surface area contributed by atoms with E-state index in [1.807, 2.05) is 12.1 Å². The van der Waals surface area contributed by atoms with Crippen LogP contribution in [0.1, 0.15) is 16.4 Å². The fourth-order valence-electron chi connectivity index (χ4n) is 5.33. The number of carbonyl (C=O) groups is 3. The summed E-state index contributed by atoms with van der Waals surface area (Å²) in [7, 11) is 3.09. The van der Waals surface area contributed by atoms with E-state index in [9.17, 15) is 19.2 Å². The summed E-state index contributed by atoms with van der Waals surface area (Å²) in [6, 6.07) is 18.6. The third kappa shape index (κ3) is 5.31. The Morgan fingerprint density at radius 2 is 1.53 bits per heavy atom. The molecule has 2 aliphatic rings. The number of nitrogens with one attached hydrogen (secondary N) is 1. The van der Waals surface area contributed by atoms with Gasteiger partial charge in [-0.15, -0.1) is 0 Å². The molecule has 4 aromatic rings. The van der Waals surface area contributed by atoms with Gasteiger partial charge in [0.15, 0.2) is 0 Å². The van der Waals surface area contributed by atoms with Gasteiger partial charge in [-0.05, 0) is 60.2 Å². The van der Waals surface area contributed by atoms with Crippen molar-refractivity contribution >= 4 is 75.4 Å². The van der Waals surface area contributed by atoms with Crippen molar-refractivity contribution in [3.05, 3.63) is 96.9 Å². The molecule has 13 heteroatoms. The number of amides is 3. The molecule has 43 heavy (non-hydrogen) atoms. The molecule has 0 saturated carbocycles. The molecule has 0 radical (unpaired) electrons. The lowest BCUT2D eigenvalue weighted by Gasteiger charge is -2.30. The molecule has 1 N–H and O–H groups in total. The number of carbonyl (C=O) groups excluding carboxylic acids is 3. The van der Waals surface area contributed by atoms with E-state index in [4.69, 9.17) is 32.7 Å². The Morgan fingerprint density at radius 1 is 0.884 bits per heavy atom. The van der Waals surface area contributed by atoms with Gasteiger partial charge in [0, 0.05) is 16.5 Å². The average Bonchev–Trinajstić information content (AvgIpc) is 3.45. The first kappa shape index (κ1) is 29.3. The fourth-order valence-corrected chi connectivity index (χ4v) is 8.40. The van der Waals surface area contributed by atoms with E-state index in [1.54, 1.807) is 55.6 Å². The largest absolute Gasteiger partial charge is 0.497 e. The number of halogens is 2. The van der Waals surface area contributed by atoms with Crippen LogP contribution in [-0.4, -0.2) is 41.8 Å². The maximum absolute atomic E-state index is 14.0. The van der Waals surface area contributed by atoms with Gasteiger partial charge in [0.25, 0.3) is 0 Å². The lowest BCUT2D eigenvalue weighted by atomic mass is 9.83. The molecule has 1 fully saturated rings. The van der Waals surface area contributed by atoms with Crippen molar-refractivity contribution in [2.24, 2.45) is 5.92 Å². The predicted molar refractivity (Wildman–Crippen MR) is 167 cm³/mol. The van der Waals surface area contributed by atoms with Gasteiger partial charge in [-0.1, -0.05) is 58.4 Å². The van der Waals surface area contributed by atoms with E-state index in [-0.39, 0.29) is 28.3 Å². The highest BCUT2D eigenvalue weighted by Crippen LogP contribution is 2.54. The van der Waals surface area contributed by atoms with Crippen molar-refractivity contribution in [2.45, 2.75) is 22.7 Å². The molecule has 9 nitrogen and oxygen atoms in total. The molecular formula is C30H23Cl2N3O6S2. The van der Waals surface area contributed by atoms with Crippen LogP contribution in [0.4, 0.5) is 11.4 Å². The van der Waals surface area contributed by atoms with Crippen LogP contribution in [0.3, 0.4) is 0 Å². The van der Waals surface area contributed by atoms with Crippen LogP contribution in [0.5, 0.6) is 11.5 Å². The Bertz CT molecular complexity index is 1810. The van der Waals surface area contributed by atoms with Gasteiger partial charge in [-0.3, -0.25) is 23.7 Å². The summed E-state index contributed by atoms with van der Waals surface area (Å²) in [6.07, 6.45) is 0. The summed E-state index contributed by atoms with van der Waals surface area (Å²) in [4.78, 5) is 55.8. The molecule has 0 spiro atoms. The Hall–Kier alpha value is -3.77. The third-order valence-electron chi connectivity index (χ3n) is 7.36. The Morgan fingerprint density at radius 3 is 2.16 bits per heavy atom. The van der Waals surface area contributed by atoms with Gasteiger partial charge in [0.2, 0.25) is 17.7 Å². The minimum absolute atomic E-state index is 0.277. The number of imide groups is 1. The van der Waals surface area contributed by atoms with E-state index in [2.05, 4.69) is 5.32 Å². The molecule has 3 atom stereocenters. The number of nitrogens with zero attached hydrogens (tertiary/aromatic N) is 2. The second-order valence-corrected chi connectivity index (χ2v) is 12.8. The van der Waals surface area contributed by atoms with Crippen molar-refractivity contribution in [1.29, 1.82) is 0 Å². The number of aromatic nitrogens is 1. The molecule has 3 unspecified atom stereocenters. The van der Waals surface area contributed by atoms with Gasteiger partial charge in [-0.25, -0.2) is 4.90 Å². The molecule has 220 valence electrons. The first-order valence-electron chi connectivity index (χ1n) is 13.0. The monoisotopic (exact) mass is 655 g/mol. The predicted octanol–water partition coefficient (Wildman–Crippen LogP) is 5.67. The molecule has 6 rings (SSSR count). The number of rotatable bonds is 7. The number of benzene rings is 3. The highest BCUT2D eigenvalue weighted by atomic mass is 35.5. The molecule has 3 amide bonds. The van der Waals surface area contributed by atoms with E-state index < -0.39 is 23.0 Å². The third-order valence-corrected chi connectivity index (χ3v) is 10.7. The zero-order valence-electron chi connectivity index (χ0n) is 22.7. The number of thioether (sulfide) groups is 1. The summed E-state index contributed by atoms with van der Waals surface area (Å²) in [5.74, 6) is -1.34. The maximum atomic E-state index is 14.0. The van der Waals surface area contributed by atoms with Crippen molar-refractivity contribution in [3.8, 4) is 11.5 Å². The lowest BCUT2D eigenvalue weighted by Crippen LogP contribution is -2.33. The van der Waals surface area contributed by atoms with Gasteiger partial charge >= 0.3 is 4.87 Å². The van der Waals surface area contributed by atoms with Crippen molar-refractivity contribution < 1.29 is 23.9 Å². The average molecular weight is 657 g/mol. The summed E-state index contributed by atoms with van der Waals surface area (Å²) in [5.41, 5.74) is 1.61. The fraction of sp³-hybridized carbons (Fsp3) is 0.200. The number of hydrogen-bond acceptors (Lipinski definition) is 8. The minimum atomic E-state index is -0.812. The summed E-state index contributed by atoms with van der Waals surface area (Å²) < 4.78 is 11.9. The Kier molecular flexibility index (Phi) is 7.99. The highest BCUT2D eigenvalue weighted by Gasteiger charge is 2.56. The van der Waals surface area contributed by atoms with Gasteiger partial charge in [0.05, 0.1) is 40.9 Å². The number of methoxy groups -OCH3 is 2. The van der Waals surface area contributed by atoms with Crippen LogP contribution in [0.15, 0.2) is 76.6 Å². The van der Waals surface area contributed by atoms with Crippen molar-refractivity contribution in [1.82, 2.24) is 4.57 Å². The quantitative estimate of drug-likeness (QED) is 0.256. The first-order valence-corrected chi connectivity index (χ1v) is 15.5. The number of ether oxygens (including phenoxy) is 2.